The summed E-state index contributed by atoms with van der Waals surface area (Å²) in [5.74, 6) is 1.60. The van der Waals surface area contributed by atoms with E-state index in [2.05, 4.69) is 30.4 Å². The molecule has 0 saturated heterocycles. The van der Waals surface area contributed by atoms with Gasteiger partial charge in [0.2, 0.25) is 0 Å². The number of nitrogens with one attached hydrogen (secondary N) is 1. The number of benzene rings is 1. The predicted molar refractivity (Wildman–Crippen MR) is 84.7 cm³/mol. The van der Waals surface area contributed by atoms with Gasteiger partial charge in [-0.2, -0.15) is 0 Å². The number of methoxy groups -OCH3 is 1. The van der Waals surface area contributed by atoms with Gasteiger partial charge in [0, 0.05) is 11.2 Å². The first-order valence-corrected chi connectivity index (χ1v) is 8.19. The average Bonchev–Trinajstić information content (AvgIpc) is 2.43. The van der Waals surface area contributed by atoms with Crippen molar-refractivity contribution < 1.29 is 4.74 Å². The maximum atomic E-state index is 5.37. The Morgan fingerprint density at radius 3 is 2.50 bits per heavy atom. The summed E-state index contributed by atoms with van der Waals surface area (Å²) in [4.78, 5) is 0. The molecule has 1 spiro atoms. The van der Waals surface area contributed by atoms with E-state index in [-0.39, 0.29) is 0 Å². The minimum atomic E-state index is 0.349. The van der Waals surface area contributed by atoms with Gasteiger partial charge in [0.15, 0.2) is 0 Å². The van der Waals surface area contributed by atoms with E-state index >= 15 is 0 Å². The largest absolute Gasteiger partial charge is 0.497 e. The normalized spacial score (nSPS) is 25.2. The van der Waals surface area contributed by atoms with Gasteiger partial charge in [-0.15, -0.1) is 0 Å². The van der Waals surface area contributed by atoms with E-state index < -0.39 is 0 Å². The zero-order valence-corrected chi connectivity index (χ0v) is 12.9. The first-order valence-electron chi connectivity index (χ1n) is 8.19. The van der Waals surface area contributed by atoms with Crippen molar-refractivity contribution in [3.05, 3.63) is 23.8 Å². The molecule has 1 aromatic rings. The summed E-state index contributed by atoms with van der Waals surface area (Å²) >= 11 is 0. The molecule has 1 aliphatic heterocycles. The van der Waals surface area contributed by atoms with E-state index in [0.717, 1.165) is 5.75 Å². The minimum absolute atomic E-state index is 0.349. The van der Waals surface area contributed by atoms with Crippen molar-refractivity contribution in [2.24, 2.45) is 0 Å². The van der Waals surface area contributed by atoms with Gasteiger partial charge in [-0.25, -0.2) is 0 Å². The smallest absolute Gasteiger partial charge is 0.119 e. The van der Waals surface area contributed by atoms with Crippen LogP contribution in [-0.4, -0.2) is 12.6 Å². The highest BCUT2D eigenvalue weighted by Gasteiger charge is 2.36. The molecular weight excluding hydrogens is 246 g/mol. The lowest BCUT2D eigenvalue weighted by Crippen LogP contribution is -2.43. The fraction of sp³-hybridized carbons (Fsp3) is 0.667. The van der Waals surface area contributed by atoms with Gasteiger partial charge >= 0.3 is 0 Å². The molecule has 1 unspecified atom stereocenters. The summed E-state index contributed by atoms with van der Waals surface area (Å²) in [6, 6.07) is 6.51. The molecule has 20 heavy (non-hydrogen) atoms. The van der Waals surface area contributed by atoms with Crippen LogP contribution in [0, 0.1) is 0 Å². The fourth-order valence-corrected chi connectivity index (χ4v) is 4.13. The van der Waals surface area contributed by atoms with Crippen molar-refractivity contribution in [2.45, 2.75) is 69.7 Å². The second kappa shape index (κ2) is 5.67. The van der Waals surface area contributed by atoms with E-state index in [1.54, 1.807) is 7.11 Å². The number of anilines is 1. The molecule has 1 aromatic carbocycles. The summed E-state index contributed by atoms with van der Waals surface area (Å²) in [6.45, 7) is 2.37. The van der Waals surface area contributed by atoms with Gasteiger partial charge in [0.25, 0.3) is 0 Å². The highest BCUT2D eigenvalue weighted by atomic mass is 16.5. The summed E-state index contributed by atoms with van der Waals surface area (Å²) in [5.41, 5.74) is 3.11. The Morgan fingerprint density at radius 1 is 1.10 bits per heavy atom. The second-order valence-corrected chi connectivity index (χ2v) is 6.73. The molecule has 1 aliphatic carbocycles. The van der Waals surface area contributed by atoms with Gasteiger partial charge in [0.05, 0.1) is 7.11 Å². The molecule has 110 valence electrons. The standard InChI is InChI=1S/C18H27NO/c1-14-13-18(10-6-4-3-5-7-11-18)19-17-9-8-15(20-2)12-16(14)17/h8-9,12,14,19H,3-7,10-11,13H2,1-2H3. The third-order valence-corrected chi connectivity index (χ3v) is 5.20. The maximum Gasteiger partial charge on any atom is 0.119 e. The van der Waals surface area contributed by atoms with Crippen LogP contribution in [0.1, 0.15) is 69.8 Å². The Kier molecular flexibility index (Phi) is 3.91. The lowest BCUT2D eigenvalue weighted by atomic mass is 9.73. The van der Waals surface area contributed by atoms with E-state index in [9.17, 15) is 0 Å². The van der Waals surface area contributed by atoms with Gasteiger partial charge in [0.1, 0.15) is 5.75 Å². The van der Waals surface area contributed by atoms with Crippen molar-refractivity contribution in [1.82, 2.24) is 0 Å². The third-order valence-electron chi connectivity index (χ3n) is 5.20. The monoisotopic (exact) mass is 273 g/mol. The van der Waals surface area contributed by atoms with Crippen LogP contribution in [0.3, 0.4) is 0 Å². The van der Waals surface area contributed by atoms with Crippen LogP contribution in [0.5, 0.6) is 5.75 Å². The van der Waals surface area contributed by atoms with Crippen molar-refractivity contribution >= 4 is 5.69 Å². The molecule has 1 fully saturated rings. The molecule has 0 amide bonds. The molecule has 0 bridgehead atoms. The molecule has 0 radical (unpaired) electrons. The first-order chi connectivity index (χ1) is 9.72. The summed E-state index contributed by atoms with van der Waals surface area (Å²) < 4.78 is 5.37. The topological polar surface area (TPSA) is 21.3 Å². The minimum Gasteiger partial charge on any atom is -0.497 e. The van der Waals surface area contributed by atoms with Crippen LogP contribution < -0.4 is 10.1 Å². The average molecular weight is 273 g/mol. The molecule has 1 atom stereocenters. The van der Waals surface area contributed by atoms with Crippen molar-refractivity contribution in [1.29, 1.82) is 0 Å². The van der Waals surface area contributed by atoms with Crippen molar-refractivity contribution in [3.63, 3.8) is 0 Å². The summed E-state index contributed by atoms with van der Waals surface area (Å²) in [7, 11) is 1.75. The Hall–Kier alpha value is -1.18. The predicted octanol–water partition coefficient (Wildman–Crippen LogP) is 5.10. The van der Waals surface area contributed by atoms with Gasteiger partial charge in [-0.3, -0.25) is 0 Å². The van der Waals surface area contributed by atoms with Crippen LogP contribution in [0.15, 0.2) is 18.2 Å². The SMILES string of the molecule is COc1ccc2c(c1)C(C)CC1(CCCCCCC1)N2. The molecule has 1 heterocycles. The van der Waals surface area contributed by atoms with Crippen LogP contribution in [0.2, 0.25) is 0 Å². The number of hydrogen-bond acceptors (Lipinski definition) is 2. The molecule has 3 rings (SSSR count). The van der Waals surface area contributed by atoms with Gasteiger partial charge in [-0.1, -0.05) is 39.0 Å². The van der Waals surface area contributed by atoms with Crippen molar-refractivity contribution in [2.75, 3.05) is 12.4 Å². The zero-order valence-electron chi connectivity index (χ0n) is 12.9. The van der Waals surface area contributed by atoms with Crippen molar-refractivity contribution in [3.8, 4) is 5.75 Å². The van der Waals surface area contributed by atoms with E-state index in [1.807, 2.05) is 0 Å². The Labute approximate surface area is 122 Å². The van der Waals surface area contributed by atoms with E-state index in [0.29, 0.717) is 11.5 Å². The first kappa shape index (κ1) is 13.8. The second-order valence-electron chi connectivity index (χ2n) is 6.73. The maximum absolute atomic E-state index is 5.37. The Morgan fingerprint density at radius 2 is 1.80 bits per heavy atom. The zero-order chi connectivity index (χ0) is 14.0. The van der Waals surface area contributed by atoms with E-state index in [4.69, 9.17) is 4.74 Å². The number of rotatable bonds is 1. The Balaban J connectivity index is 1.87. The molecule has 1 N–H and O–H groups in total. The lowest BCUT2D eigenvalue weighted by molar-refractivity contribution is 0.299. The van der Waals surface area contributed by atoms with Crippen LogP contribution in [0.25, 0.3) is 0 Å². The summed E-state index contributed by atoms with van der Waals surface area (Å²) in [6.07, 6.45) is 11.0. The number of hydrogen-bond donors (Lipinski definition) is 1. The van der Waals surface area contributed by atoms with Gasteiger partial charge in [-0.05, 0) is 48.9 Å². The van der Waals surface area contributed by atoms with Crippen LogP contribution >= 0.6 is 0 Å². The number of ether oxygens (including phenoxy) is 1. The quantitative estimate of drug-likeness (QED) is 0.769. The molecule has 1 saturated carbocycles. The lowest BCUT2D eigenvalue weighted by Gasteiger charge is -2.44. The van der Waals surface area contributed by atoms with Gasteiger partial charge < -0.3 is 10.1 Å². The molecule has 0 aromatic heterocycles. The van der Waals surface area contributed by atoms with E-state index in [1.165, 1.54) is 62.6 Å². The highest BCUT2D eigenvalue weighted by Crippen LogP contribution is 2.45. The molecular formula is C18H27NO. The summed E-state index contributed by atoms with van der Waals surface area (Å²) in [5, 5.41) is 3.91. The third kappa shape index (κ3) is 2.65. The van der Waals surface area contributed by atoms with Crippen LogP contribution in [0.4, 0.5) is 5.69 Å². The fourth-order valence-electron chi connectivity index (χ4n) is 4.13. The highest BCUT2D eigenvalue weighted by molar-refractivity contribution is 5.59. The molecule has 2 heteroatoms. The van der Waals surface area contributed by atoms with Crippen LogP contribution in [-0.2, 0) is 0 Å². The number of fused-ring (bicyclic) bond motifs is 1. The Bertz CT molecular complexity index is 460. The molecule has 2 aliphatic rings. The molecule has 2 nitrogen and oxygen atoms in total.